The minimum Gasteiger partial charge on any atom is -0.495 e. The molecular weight excluding hydrogens is 404 g/mol. The second kappa shape index (κ2) is 8.63. The zero-order chi connectivity index (χ0) is 22.0. The molecule has 0 spiro atoms. The van der Waals surface area contributed by atoms with Gasteiger partial charge in [-0.1, -0.05) is 23.7 Å². The van der Waals surface area contributed by atoms with Gasteiger partial charge in [0, 0.05) is 25.5 Å². The van der Waals surface area contributed by atoms with E-state index in [1.165, 1.54) is 19.1 Å². The fourth-order valence-electron chi connectivity index (χ4n) is 3.32. The number of hydrogen-bond donors (Lipinski definition) is 0. The summed E-state index contributed by atoms with van der Waals surface area (Å²) in [4.78, 5) is 29.3. The van der Waals surface area contributed by atoms with Gasteiger partial charge in [0.2, 0.25) is 0 Å². The summed E-state index contributed by atoms with van der Waals surface area (Å²) in [6, 6.07) is 12.7. The number of halogens is 1. The van der Waals surface area contributed by atoms with E-state index in [0.29, 0.717) is 22.2 Å². The fraction of sp³-hybridized carbons (Fsp3) is 0.217. The average molecular weight is 427 g/mol. The molecule has 0 bridgehead atoms. The summed E-state index contributed by atoms with van der Waals surface area (Å²) < 4.78 is 10.1. The molecule has 0 fully saturated rings. The molecule has 2 aromatic carbocycles. The highest BCUT2D eigenvalue weighted by atomic mass is 35.5. The SMILES string of the molecule is COC(=O)C1=C(C)N(c2ccc(OC)c(Cl)c2)C(=O)/C1=C\c1ccc(N(C)C)cc1. The molecule has 0 saturated carbocycles. The van der Waals surface area contributed by atoms with Crippen molar-refractivity contribution >= 4 is 40.9 Å². The van der Waals surface area contributed by atoms with Gasteiger partial charge in [-0.15, -0.1) is 0 Å². The zero-order valence-electron chi connectivity index (χ0n) is 17.5. The first-order chi connectivity index (χ1) is 14.3. The van der Waals surface area contributed by atoms with Crippen LogP contribution in [-0.2, 0) is 14.3 Å². The van der Waals surface area contributed by atoms with Crippen molar-refractivity contribution in [3.63, 3.8) is 0 Å². The minimum atomic E-state index is -0.570. The molecular formula is C23H23ClN2O4. The Hall–Kier alpha value is -3.25. The first-order valence-corrected chi connectivity index (χ1v) is 9.63. The molecule has 1 amide bonds. The normalized spacial score (nSPS) is 15.1. The third-order valence-electron chi connectivity index (χ3n) is 4.90. The molecule has 0 aliphatic carbocycles. The van der Waals surface area contributed by atoms with Crippen LogP contribution in [0.1, 0.15) is 12.5 Å². The minimum absolute atomic E-state index is 0.228. The van der Waals surface area contributed by atoms with E-state index in [0.717, 1.165) is 11.3 Å². The number of amides is 1. The predicted molar refractivity (Wildman–Crippen MR) is 119 cm³/mol. The molecule has 3 rings (SSSR count). The Kier molecular flexibility index (Phi) is 6.17. The summed E-state index contributed by atoms with van der Waals surface area (Å²) in [5.74, 6) is -0.399. The molecule has 1 aliphatic rings. The molecule has 7 heteroatoms. The molecule has 0 N–H and O–H groups in total. The van der Waals surface area contributed by atoms with Crippen LogP contribution in [0.4, 0.5) is 11.4 Å². The zero-order valence-corrected chi connectivity index (χ0v) is 18.3. The molecule has 1 aliphatic heterocycles. The van der Waals surface area contributed by atoms with E-state index in [4.69, 9.17) is 21.1 Å². The van der Waals surface area contributed by atoms with Crippen LogP contribution in [-0.4, -0.2) is 40.2 Å². The van der Waals surface area contributed by atoms with E-state index in [9.17, 15) is 9.59 Å². The van der Waals surface area contributed by atoms with Gasteiger partial charge in [-0.3, -0.25) is 9.69 Å². The number of allylic oxidation sites excluding steroid dienone is 1. The van der Waals surface area contributed by atoms with Crippen LogP contribution in [0.5, 0.6) is 5.75 Å². The summed E-state index contributed by atoms with van der Waals surface area (Å²) in [7, 11) is 6.72. The number of nitrogens with zero attached hydrogens (tertiary/aromatic N) is 2. The second-order valence-corrected chi connectivity index (χ2v) is 7.36. The first-order valence-electron chi connectivity index (χ1n) is 9.25. The Morgan fingerprint density at radius 2 is 1.77 bits per heavy atom. The highest BCUT2D eigenvalue weighted by Gasteiger charge is 2.38. The third kappa shape index (κ3) is 3.91. The lowest BCUT2D eigenvalue weighted by Gasteiger charge is -2.19. The predicted octanol–water partition coefficient (Wildman–Crippen LogP) is 4.29. The van der Waals surface area contributed by atoms with Crippen LogP contribution < -0.4 is 14.5 Å². The van der Waals surface area contributed by atoms with Gasteiger partial charge < -0.3 is 14.4 Å². The van der Waals surface area contributed by atoms with Crippen molar-refractivity contribution in [3.05, 3.63) is 69.9 Å². The smallest absolute Gasteiger partial charge is 0.340 e. The molecule has 0 saturated heterocycles. The molecule has 0 aromatic heterocycles. The number of anilines is 2. The quantitative estimate of drug-likeness (QED) is 0.527. The third-order valence-corrected chi connectivity index (χ3v) is 5.20. The average Bonchev–Trinajstić information content (AvgIpc) is 2.97. The van der Waals surface area contributed by atoms with Crippen molar-refractivity contribution in [1.82, 2.24) is 0 Å². The number of esters is 1. The lowest BCUT2D eigenvalue weighted by molar-refractivity contribution is -0.136. The van der Waals surface area contributed by atoms with Crippen LogP contribution in [0, 0.1) is 0 Å². The highest BCUT2D eigenvalue weighted by Crippen LogP contribution is 2.38. The molecule has 6 nitrogen and oxygen atoms in total. The standard InChI is InChI=1S/C23H23ClN2O4/c1-14-21(23(28)30-5)18(12-15-6-8-16(9-7-15)25(2)3)22(27)26(14)17-10-11-20(29-4)19(24)13-17/h6-13H,1-5H3/b18-12-. The van der Waals surface area contributed by atoms with Gasteiger partial charge >= 0.3 is 5.97 Å². The van der Waals surface area contributed by atoms with Gasteiger partial charge in [-0.25, -0.2) is 4.79 Å². The van der Waals surface area contributed by atoms with E-state index in [2.05, 4.69) is 0 Å². The number of methoxy groups -OCH3 is 2. The van der Waals surface area contributed by atoms with Gasteiger partial charge in [0.1, 0.15) is 5.75 Å². The molecule has 0 atom stereocenters. The van der Waals surface area contributed by atoms with Gasteiger partial charge in [0.15, 0.2) is 0 Å². The summed E-state index contributed by atoms with van der Waals surface area (Å²) in [6.45, 7) is 1.71. The van der Waals surface area contributed by atoms with Crippen molar-refractivity contribution < 1.29 is 19.1 Å². The van der Waals surface area contributed by atoms with Crippen LogP contribution in [0.15, 0.2) is 59.3 Å². The summed E-state index contributed by atoms with van der Waals surface area (Å²) in [5.41, 5.74) is 3.34. The van der Waals surface area contributed by atoms with Crippen molar-refractivity contribution in [3.8, 4) is 5.75 Å². The summed E-state index contributed by atoms with van der Waals surface area (Å²) in [6.07, 6.45) is 1.70. The topological polar surface area (TPSA) is 59.1 Å². The lowest BCUT2D eigenvalue weighted by atomic mass is 10.0. The number of hydrogen-bond acceptors (Lipinski definition) is 5. The van der Waals surface area contributed by atoms with Crippen LogP contribution >= 0.6 is 11.6 Å². The second-order valence-electron chi connectivity index (χ2n) is 6.96. The van der Waals surface area contributed by atoms with E-state index in [-0.39, 0.29) is 17.1 Å². The Bertz CT molecular complexity index is 1060. The number of ether oxygens (including phenoxy) is 2. The van der Waals surface area contributed by atoms with E-state index >= 15 is 0 Å². The maximum Gasteiger partial charge on any atom is 0.340 e. The van der Waals surface area contributed by atoms with Gasteiger partial charge in [0.05, 0.1) is 36.1 Å². The number of carbonyl (C=O) groups is 2. The van der Waals surface area contributed by atoms with E-state index in [1.54, 1.807) is 31.2 Å². The highest BCUT2D eigenvalue weighted by molar-refractivity contribution is 6.32. The van der Waals surface area contributed by atoms with Crippen LogP contribution in [0.25, 0.3) is 6.08 Å². The van der Waals surface area contributed by atoms with Crippen molar-refractivity contribution in [1.29, 1.82) is 0 Å². The van der Waals surface area contributed by atoms with E-state index < -0.39 is 5.97 Å². The summed E-state index contributed by atoms with van der Waals surface area (Å²) >= 11 is 6.25. The molecule has 2 aromatic rings. The van der Waals surface area contributed by atoms with Crippen molar-refractivity contribution in [2.75, 3.05) is 38.1 Å². The Balaban J connectivity index is 2.08. The monoisotopic (exact) mass is 426 g/mol. The number of carbonyl (C=O) groups excluding carboxylic acids is 2. The van der Waals surface area contributed by atoms with Crippen LogP contribution in [0.2, 0.25) is 5.02 Å². The Morgan fingerprint density at radius 1 is 1.10 bits per heavy atom. The van der Waals surface area contributed by atoms with Gasteiger partial charge in [0.25, 0.3) is 5.91 Å². The fourth-order valence-corrected chi connectivity index (χ4v) is 3.57. The van der Waals surface area contributed by atoms with Crippen molar-refractivity contribution in [2.45, 2.75) is 6.92 Å². The maximum atomic E-state index is 13.3. The largest absolute Gasteiger partial charge is 0.495 e. The molecule has 0 radical (unpaired) electrons. The van der Waals surface area contributed by atoms with Gasteiger partial charge in [-0.2, -0.15) is 0 Å². The molecule has 0 unspecified atom stereocenters. The Labute approximate surface area is 180 Å². The van der Waals surface area contributed by atoms with Crippen LogP contribution in [0.3, 0.4) is 0 Å². The lowest BCUT2D eigenvalue weighted by Crippen LogP contribution is -2.24. The molecule has 156 valence electrons. The molecule has 30 heavy (non-hydrogen) atoms. The van der Waals surface area contributed by atoms with Crippen molar-refractivity contribution in [2.24, 2.45) is 0 Å². The number of benzene rings is 2. The molecule has 1 heterocycles. The van der Waals surface area contributed by atoms with Gasteiger partial charge in [-0.05, 0) is 48.9 Å². The maximum absolute atomic E-state index is 13.3. The van der Waals surface area contributed by atoms with E-state index in [1.807, 2.05) is 43.3 Å². The summed E-state index contributed by atoms with van der Waals surface area (Å²) in [5, 5.41) is 0.368. The first kappa shape index (κ1) is 21.5. The Morgan fingerprint density at radius 3 is 2.30 bits per heavy atom. The number of rotatable bonds is 5.